The predicted molar refractivity (Wildman–Crippen MR) is 73.5 cm³/mol. The Labute approximate surface area is 110 Å². The van der Waals surface area contributed by atoms with Crippen LogP contribution in [0.1, 0.15) is 57.6 Å². The van der Waals surface area contributed by atoms with Crippen molar-refractivity contribution in [1.82, 2.24) is 4.98 Å². The number of nitrogens with two attached hydrogens (primary N) is 1. The number of ether oxygens (including phenoxy) is 1. The summed E-state index contributed by atoms with van der Waals surface area (Å²) in [7, 11) is 0. The first kappa shape index (κ1) is 13.3. The van der Waals surface area contributed by atoms with Crippen LogP contribution in [0.15, 0.2) is 18.3 Å². The topological polar surface area (TPSA) is 48.1 Å². The van der Waals surface area contributed by atoms with E-state index >= 15 is 0 Å². The second kappa shape index (κ2) is 6.19. The van der Waals surface area contributed by atoms with Gasteiger partial charge in [-0.3, -0.25) is 0 Å². The molecule has 1 aliphatic carbocycles. The van der Waals surface area contributed by atoms with Crippen LogP contribution in [0, 0.1) is 5.92 Å². The Bertz CT molecular complexity index is 361. The maximum Gasteiger partial charge on any atom is 0.213 e. The van der Waals surface area contributed by atoms with Gasteiger partial charge < -0.3 is 10.5 Å². The van der Waals surface area contributed by atoms with Crippen molar-refractivity contribution < 1.29 is 4.74 Å². The summed E-state index contributed by atoms with van der Waals surface area (Å²) in [6.07, 6.45) is 8.39. The van der Waals surface area contributed by atoms with E-state index in [1.807, 2.05) is 25.3 Å². The molecular weight excluding hydrogens is 224 g/mol. The minimum atomic E-state index is 0.0331. The highest BCUT2D eigenvalue weighted by molar-refractivity contribution is 5.20. The quantitative estimate of drug-likeness (QED) is 0.887. The zero-order valence-electron chi connectivity index (χ0n) is 11.4. The summed E-state index contributed by atoms with van der Waals surface area (Å²) < 4.78 is 5.97. The van der Waals surface area contributed by atoms with Crippen molar-refractivity contribution in [2.45, 2.75) is 58.1 Å². The highest BCUT2D eigenvalue weighted by atomic mass is 16.5. The summed E-state index contributed by atoms with van der Waals surface area (Å²) in [5, 5.41) is 0. The maximum atomic E-state index is 5.97. The second-order valence-electron chi connectivity index (χ2n) is 5.40. The van der Waals surface area contributed by atoms with Gasteiger partial charge in [-0.1, -0.05) is 25.8 Å². The van der Waals surface area contributed by atoms with Gasteiger partial charge in [0.25, 0.3) is 0 Å². The lowest BCUT2D eigenvalue weighted by atomic mass is 9.85. The van der Waals surface area contributed by atoms with Gasteiger partial charge in [-0.15, -0.1) is 0 Å². The minimum absolute atomic E-state index is 0.0331. The van der Waals surface area contributed by atoms with E-state index in [1.165, 1.54) is 25.7 Å². The Morgan fingerprint density at radius 3 is 2.89 bits per heavy atom. The van der Waals surface area contributed by atoms with Crippen LogP contribution in [-0.4, -0.2) is 11.1 Å². The van der Waals surface area contributed by atoms with Crippen LogP contribution in [0.4, 0.5) is 0 Å². The van der Waals surface area contributed by atoms with Crippen LogP contribution < -0.4 is 10.5 Å². The second-order valence-corrected chi connectivity index (χ2v) is 5.40. The lowest BCUT2D eigenvalue weighted by Crippen LogP contribution is -2.25. The lowest BCUT2D eigenvalue weighted by molar-refractivity contribution is 0.117. The number of pyridine rings is 1. The van der Waals surface area contributed by atoms with Crippen LogP contribution in [0.2, 0.25) is 0 Å². The highest BCUT2D eigenvalue weighted by Gasteiger charge is 2.22. The number of rotatable bonds is 4. The van der Waals surface area contributed by atoms with E-state index in [1.54, 1.807) is 0 Å². The van der Waals surface area contributed by atoms with Crippen molar-refractivity contribution in [2.75, 3.05) is 0 Å². The van der Waals surface area contributed by atoms with E-state index in [-0.39, 0.29) is 6.04 Å². The molecule has 3 heteroatoms. The van der Waals surface area contributed by atoms with Crippen molar-refractivity contribution in [3.05, 3.63) is 23.9 Å². The van der Waals surface area contributed by atoms with Gasteiger partial charge in [0.2, 0.25) is 5.88 Å². The molecule has 0 amide bonds. The van der Waals surface area contributed by atoms with E-state index in [9.17, 15) is 0 Å². The third kappa shape index (κ3) is 3.45. The van der Waals surface area contributed by atoms with Gasteiger partial charge in [-0.2, -0.15) is 0 Å². The predicted octanol–water partition coefficient (Wildman–Crippen LogP) is 3.45. The van der Waals surface area contributed by atoms with E-state index in [0.29, 0.717) is 6.10 Å². The van der Waals surface area contributed by atoms with Crippen LogP contribution in [0.25, 0.3) is 0 Å². The molecule has 1 heterocycles. The van der Waals surface area contributed by atoms with E-state index in [0.717, 1.165) is 23.8 Å². The molecule has 1 aromatic rings. The summed E-state index contributed by atoms with van der Waals surface area (Å²) in [6.45, 7) is 4.23. The molecule has 100 valence electrons. The van der Waals surface area contributed by atoms with Crippen molar-refractivity contribution in [1.29, 1.82) is 0 Å². The molecule has 1 fully saturated rings. The van der Waals surface area contributed by atoms with Gasteiger partial charge in [-0.25, -0.2) is 4.98 Å². The summed E-state index contributed by atoms with van der Waals surface area (Å²) in [4.78, 5) is 4.34. The van der Waals surface area contributed by atoms with Crippen LogP contribution >= 0.6 is 0 Å². The Balaban J connectivity index is 1.92. The molecule has 2 unspecified atom stereocenters. The largest absolute Gasteiger partial charge is 0.474 e. The Morgan fingerprint density at radius 1 is 1.44 bits per heavy atom. The molecule has 2 rings (SSSR count). The zero-order valence-corrected chi connectivity index (χ0v) is 11.4. The molecule has 1 aromatic heterocycles. The van der Waals surface area contributed by atoms with Crippen LogP contribution in [0.5, 0.6) is 5.88 Å². The minimum Gasteiger partial charge on any atom is -0.474 e. The van der Waals surface area contributed by atoms with Crippen molar-refractivity contribution in [3.8, 4) is 5.88 Å². The Kier molecular flexibility index (Phi) is 4.59. The molecule has 2 N–H and O–H groups in total. The monoisotopic (exact) mass is 248 g/mol. The van der Waals surface area contributed by atoms with Crippen LogP contribution in [-0.2, 0) is 0 Å². The van der Waals surface area contributed by atoms with Gasteiger partial charge in [-0.05, 0) is 37.7 Å². The first-order valence-electron chi connectivity index (χ1n) is 7.07. The van der Waals surface area contributed by atoms with Gasteiger partial charge >= 0.3 is 0 Å². The molecule has 0 aromatic carbocycles. The highest BCUT2D eigenvalue weighted by Crippen LogP contribution is 2.29. The summed E-state index contributed by atoms with van der Waals surface area (Å²) >= 11 is 0. The van der Waals surface area contributed by atoms with E-state index in [2.05, 4.69) is 11.9 Å². The molecule has 18 heavy (non-hydrogen) atoms. The molecule has 3 nitrogen and oxygen atoms in total. The fourth-order valence-electron chi connectivity index (χ4n) is 2.62. The Morgan fingerprint density at radius 2 is 2.28 bits per heavy atom. The normalized spacial score (nSPS) is 25.7. The number of hydrogen-bond acceptors (Lipinski definition) is 3. The van der Waals surface area contributed by atoms with Crippen molar-refractivity contribution in [3.63, 3.8) is 0 Å². The fraction of sp³-hybridized carbons (Fsp3) is 0.667. The smallest absolute Gasteiger partial charge is 0.213 e. The number of hydrogen-bond donors (Lipinski definition) is 1. The first-order valence-corrected chi connectivity index (χ1v) is 7.07. The maximum absolute atomic E-state index is 5.97. The van der Waals surface area contributed by atoms with E-state index in [4.69, 9.17) is 10.5 Å². The molecule has 3 atom stereocenters. The molecule has 0 bridgehead atoms. The molecule has 0 aliphatic heterocycles. The number of nitrogens with zero attached hydrogens (tertiary/aromatic N) is 1. The zero-order chi connectivity index (χ0) is 13.0. The summed E-state index contributed by atoms with van der Waals surface area (Å²) in [5.41, 5.74) is 6.86. The van der Waals surface area contributed by atoms with Gasteiger partial charge in [0.1, 0.15) is 6.10 Å². The molecule has 1 saturated carbocycles. The third-order valence-corrected chi connectivity index (χ3v) is 3.88. The molecular formula is C15H24N2O. The van der Waals surface area contributed by atoms with Gasteiger partial charge in [0, 0.05) is 18.3 Å². The number of aromatic nitrogens is 1. The van der Waals surface area contributed by atoms with Crippen molar-refractivity contribution in [2.24, 2.45) is 11.7 Å². The summed E-state index contributed by atoms with van der Waals surface area (Å²) in [5.74, 6) is 1.56. The lowest BCUT2D eigenvalue weighted by Gasteiger charge is -2.28. The van der Waals surface area contributed by atoms with Gasteiger partial charge in [0.05, 0.1) is 0 Å². The molecule has 0 radical (unpaired) electrons. The molecule has 0 saturated heterocycles. The standard InChI is InChI=1S/C15H24N2O/c1-3-12-5-4-6-14(9-12)18-15-8-7-13(10-17-15)11(2)16/h7-8,10-12,14H,3-6,9,16H2,1-2H3/t11-,12?,14?/m1/s1. The average molecular weight is 248 g/mol. The first-order chi connectivity index (χ1) is 8.69. The summed E-state index contributed by atoms with van der Waals surface area (Å²) in [6, 6.07) is 3.98. The fourth-order valence-corrected chi connectivity index (χ4v) is 2.62. The third-order valence-electron chi connectivity index (χ3n) is 3.88. The van der Waals surface area contributed by atoms with E-state index < -0.39 is 0 Å². The van der Waals surface area contributed by atoms with Crippen LogP contribution in [0.3, 0.4) is 0 Å². The Hall–Kier alpha value is -1.09. The van der Waals surface area contributed by atoms with Crippen molar-refractivity contribution >= 4 is 0 Å². The average Bonchev–Trinajstić information content (AvgIpc) is 2.39. The molecule has 0 spiro atoms. The molecule has 1 aliphatic rings. The van der Waals surface area contributed by atoms with Gasteiger partial charge in [0.15, 0.2) is 0 Å². The SMILES string of the molecule is CCC1CCCC(Oc2ccc([C@@H](C)N)cn2)C1.